The van der Waals surface area contributed by atoms with Crippen LogP contribution in [0.15, 0.2) is 0 Å². The summed E-state index contributed by atoms with van der Waals surface area (Å²) < 4.78 is 4.93. The first-order valence-electron chi connectivity index (χ1n) is 5.44. The molecule has 0 rings (SSSR count). The maximum Gasteiger partial charge on any atom is 0.408 e. The highest BCUT2D eigenvalue weighted by Crippen LogP contribution is 2.21. The molecule has 1 N–H and O–H groups in total. The monoisotopic (exact) mass is 279 g/mol. The van der Waals surface area contributed by atoms with Crippen LogP contribution in [-0.4, -0.2) is 40.6 Å². The lowest BCUT2D eigenvalue weighted by atomic mass is 10.2. The first-order valence-corrected chi connectivity index (χ1v) is 7.77. The van der Waals surface area contributed by atoms with Gasteiger partial charge in [0, 0.05) is 0 Å². The average molecular weight is 279 g/mol. The number of amides is 1. The van der Waals surface area contributed by atoms with Crippen LogP contribution in [0.3, 0.4) is 0 Å². The summed E-state index contributed by atoms with van der Waals surface area (Å²) in [5.74, 6) is 0.888. The highest BCUT2D eigenvalue weighted by molar-refractivity contribution is 8.17. The second-order valence-electron chi connectivity index (χ2n) is 4.34. The minimum Gasteiger partial charge on any atom is -0.444 e. The lowest BCUT2D eigenvalue weighted by Crippen LogP contribution is -2.37. The third-order valence-electron chi connectivity index (χ3n) is 1.60. The van der Waals surface area contributed by atoms with Crippen LogP contribution in [0.2, 0.25) is 0 Å². The van der Waals surface area contributed by atoms with Crippen molar-refractivity contribution in [2.75, 3.05) is 18.6 Å². The van der Waals surface area contributed by atoms with Gasteiger partial charge in [0.25, 0.3) is 0 Å². The van der Waals surface area contributed by atoms with Crippen LogP contribution in [0.1, 0.15) is 27.7 Å². The van der Waals surface area contributed by atoms with Crippen LogP contribution in [0.25, 0.3) is 0 Å². The number of alkyl carbamates (subject to hydrolysis) is 1. The van der Waals surface area contributed by atoms with Gasteiger partial charge >= 0.3 is 6.09 Å². The summed E-state index contributed by atoms with van der Waals surface area (Å²) in [6.45, 7) is 7.37. The Hall–Kier alpha value is -0.360. The molecule has 1 atom stereocenters. The molecular formula is C11H21NO3S2. The second kappa shape index (κ2) is 7.87. The van der Waals surface area contributed by atoms with E-state index in [0.717, 1.165) is 5.75 Å². The fraction of sp³-hybridized carbons (Fsp3) is 0.818. The van der Waals surface area contributed by atoms with Gasteiger partial charge in [-0.15, -0.1) is 23.5 Å². The summed E-state index contributed by atoms with van der Waals surface area (Å²) in [6, 6.07) is 0. The van der Waals surface area contributed by atoms with E-state index in [1.807, 2.05) is 13.2 Å². The van der Waals surface area contributed by atoms with Crippen molar-refractivity contribution in [2.24, 2.45) is 0 Å². The van der Waals surface area contributed by atoms with Gasteiger partial charge in [-0.05, 0) is 32.8 Å². The van der Waals surface area contributed by atoms with Gasteiger partial charge in [-0.2, -0.15) is 0 Å². The van der Waals surface area contributed by atoms with E-state index < -0.39 is 11.7 Å². The largest absolute Gasteiger partial charge is 0.444 e. The summed E-state index contributed by atoms with van der Waals surface area (Å²) in [5, 5.41) is 2.47. The van der Waals surface area contributed by atoms with Crippen molar-refractivity contribution in [3.8, 4) is 0 Å². The number of hydrogen-bond donors (Lipinski definition) is 1. The van der Waals surface area contributed by atoms with Gasteiger partial charge in [-0.25, -0.2) is 4.79 Å². The molecule has 0 saturated carbocycles. The molecule has 0 fully saturated rings. The number of nitrogens with one attached hydrogen (secondary N) is 1. The topological polar surface area (TPSA) is 55.4 Å². The smallest absolute Gasteiger partial charge is 0.408 e. The molecule has 0 aliphatic rings. The Labute approximate surface area is 112 Å². The normalized spacial score (nSPS) is 13.0. The van der Waals surface area contributed by atoms with E-state index in [0.29, 0.717) is 0 Å². The highest BCUT2D eigenvalue weighted by atomic mass is 32.2. The van der Waals surface area contributed by atoms with E-state index >= 15 is 0 Å². The van der Waals surface area contributed by atoms with Crippen molar-refractivity contribution >= 4 is 35.4 Å². The lowest BCUT2D eigenvalue weighted by Gasteiger charge is -2.20. The molecule has 4 nitrogen and oxygen atoms in total. The number of Topliss-reactive ketones (excluding diaryl/α,β-unsaturated/α-hetero) is 1. The molecule has 1 unspecified atom stereocenters. The fourth-order valence-corrected chi connectivity index (χ4v) is 2.87. The SMILES string of the molecule is CCSC(SC)C(=O)CNC(=O)OC(C)(C)C. The van der Waals surface area contributed by atoms with Crippen molar-refractivity contribution in [3.63, 3.8) is 0 Å². The highest BCUT2D eigenvalue weighted by Gasteiger charge is 2.20. The van der Waals surface area contributed by atoms with Gasteiger partial charge < -0.3 is 10.1 Å². The van der Waals surface area contributed by atoms with Crippen LogP contribution in [0.5, 0.6) is 0 Å². The van der Waals surface area contributed by atoms with Gasteiger partial charge in [-0.3, -0.25) is 4.79 Å². The molecule has 0 aromatic heterocycles. The van der Waals surface area contributed by atoms with Crippen molar-refractivity contribution < 1.29 is 14.3 Å². The Bertz CT molecular complexity index is 264. The number of rotatable bonds is 6. The predicted molar refractivity (Wildman–Crippen MR) is 74.7 cm³/mol. The van der Waals surface area contributed by atoms with Crippen molar-refractivity contribution in [2.45, 2.75) is 37.9 Å². The van der Waals surface area contributed by atoms with Gasteiger partial charge in [0.15, 0.2) is 5.78 Å². The van der Waals surface area contributed by atoms with Crippen molar-refractivity contribution in [1.82, 2.24) is 5.32 Å². The summed E-state index contributed by atoms with van der Waals surface area (Å²) in [7, 11) is 0. The Kier molecular flexibility index (Phi) is 7.70. The van der Waals surface area contributed by atoms with E-state index in [1.165, 1.54) is 11.8 Å². The molecule has 0 aliphatic carbocycles. The Morgan fingerprint density at radius 3 is 2.35 bits per heavy atom. The average Bonchev–Trinajstić information content (AvgIpc) is 2.20. The van der Waals surface area contributed by atoms with Crippen molar-refractivity contribution in [3.05, 3.63) is 0 Å². The molecular weight excluding hydrogens is 258 g/mol. The molecule has 100 valence electrons. The molecule has 0 aliphatic heterocycles. The predicted octanol–water partition coefficient (Wildman–Crippen LogP) is 2.52. The molecule has 1 amide bonds. The quantitative estimate of drug-likeness (QED) is 0.757. The number of carbonyl (C=O) groups excluding carboxylic acids is 2. The summed E-state index contributed by atoms with van der Waals surface area (Å²) in [6.07, 6.45) is 1.34. The van der Waals surface area contributed by atoms with Gasteiger partial charge in [0.05, 0.1) is 6.54 Å². The molecule has 0 heterocycles. The number of hydrogen-bond acceptors (Lipinski definition) is 5. The Morgan fingerprint density at radius 1 is 1.35 bits per heavy atom. The van der Waals surface area contributed by atoms with E-state index in [2.05, 4.69) is 5.32 Å². The first kappa shape index (κ1) is 16.6. The molecule has 0 spiro atoms. The van der Waals surface area contributed by atoms with E-state index in [-0.39, 0.29) is 16.9 Å². The zero-order chi connectivity index (χ0) is 13.5. The molecule has 0 aromatic rings. The third kappa shape index (κ3) is 8.37. The summed E-state index contributed by atoms with van der Waals surface area (Å²) in [4.78, 5) is 23.1. The molecule has 0 bridgehead atoms. The first-order chi connectivity index (χ1) is 7.80. The number of ketones is 1. The standard InChI is InChI=1S/C11H21NO3S2/c1-6-17-9(16-5)8(13)7-12-10(14)15-11(2,3)4/h9H,6-7H2,1-5H3,(H,12,14). The maximum absolute atomic E-state index is 11.7. The van der Waals surface area contributed by atoms with Crippen LogP contribution in [-0.2, 0) is 9.53 Å². The number of ether oxygens (including phenoxy) is 1. The Morgan fingerprint density at radius 2 is 1.94 bits per heavy atom. The summed E-state index contributed by atoms with van der Waals surface area (Å²) >= 11 is 3.06. The van der Waals surface area contributed by atoms with Gasteiger partial charge in [-0.1, -0.05) is 6.92 Å². The van der Waals surface area contributed by atoms with Crippen LogP contribution in [0, 0.1) is 0 Å². The Balaban J connectivity index is 4.02. The summed E-state index contributed by atoms with van der Waals surface area (Å²) in [5.41, 5.74) is -0.537. The molecule has 0 aromatic carbocycles. The number of thioether (sulfide) groups is 2. The van der Waals surface area contributed by atoms with E-state index in [1.54, 1.807) is 32.5 Å². The zero-order valence-electron chi connectivity index (χ0n) is 11.0. The van der Waals surface area contributed by atoms with Crippen molar-refractivity contribution in [1.29, 1.82) is 0 Å². The van der Waals surface area contributed by atoms with Crippen LogP contribution >= 0.6 is 23.5 Å². The minimum absolute atomic E-state index is 0.00945. The van der Waals surface area contributed by atoms with E-state index in [9.17, 15) is 9.59 Å². The fourth-order valence-electron chi connectivity index (χ4n) is 1.00. The van der Waals surface area contributed by atoms with Gasteiger partial charge in [0.1, 0.15) is 10.2 Å². The minimum atomic E-state index is -0.549. The lowest BCUT2D eigenvalue weighted by molar-refractivity contribution is -0.116. The molecule has 0 radical (unpaired) electrons. The molecule has 0 saturated heterocycles. The van der Waals surface area contributed by atoms with Gasteiger partial charge in [0.2, 0.25) is 0 Å². The van der Waals surface area contributed by atoms with Crippen LogP contribution < -0.4 is 5.32 Å². The van der Waals surface area contributed by atoms with E-state index in [4.69, 9.17) is 4.74 Å². The number of carbonyl (C=O) groups is 2. The molecule has 17 heavy (non-hydrogen) atoms. The third-order valence-corrected chi connectivity index (χ3v) is 4.18. The second-order valence-corrected chi connectivity index (χ2v) is 6.97. The maximum atomic E-state index is 11.7. The van der Waals surface area contributed by atoms with Crippen LogP contribution in [0.4, 0.5) is 4.79 Å². The molecule has 6 heteroatoms. The zero-order valence-corrected chi connectivity index (χ0v) is 12.7.